The lowest BCUT2D eigenvalue weighted by atomic mass is 10.0. The molecule has 0 saturated heterocycles. The lowest BCUT2D eigenvalue weighted by Crippen LogP contribution is -2.43. The van der Waals surface area contributed by atoms with Crippen LogP contribution in [0.1, 0.15) is 11.9 Å². The molecule has 31 heavy (non-hydrogen) atoms. The average molecular weight is 423 g/mol. The van der Waals surface area contributed by atoms with E-state index in [0.29, 0.717) is 11.4 Å². The maximum Gasteiger partial charge on any atom is 0.272 e. The zero-order valence-corrected chi connectivity index (χ0v) is 16.3. The number of nitrogens with zero attached hydrogens (tertiary/aromatic N) is 5. The first-order valence-electron chi connectivity index (χ1n) is 9.58. The monoisotopic (exact) mass is 423 g/mol. The predicted octanol–water partition coefficient (Wildman–Crippen LogP) is -0.0383. The highest BCUT2D eigenvalue weighted by Gasteiger charge is 2.34. The Morgan fingerprint density at radius 3 is 1.90 bits per heavy atom. The van der Waals surface area contributed by atoms with Gasteiger partial charge in [-0.3, -0.25) is 0 Å². The fourth-order valence-electron chi connectivity index (χ4n) is 3.20. The van der Waals surface area contributed by atoms with Gasteiger partial charge in [0.1, 0.15) is 35.8 Å². The average Bonchev–Trinajstić information content (AvgIpc) is 3.25. The molecule has 2 aromatic carbocycles. The van der Waals surface area contributed by atoms with Gasteiger partial charge in [0, 0.05) is 11.1 Å². The van der Waals surface area contributed by atoms with Gasteiger partial charge in [-0.15, -0.1) is 10.2 Å². The summed E-state index contributed by atoms with van der Waals surface area (Å²) in [6.45, 7) is -0.788. The number of hydrogen-bond donors (Lipinski definition) is 5. The summed E-state index contributed by atoms with van der Waals surface area (Å²) in [5, 5.41) is 61.7. The number of benzene rings is 2. The van der Waals surface area contributed by atoms with Crippen LogP contribution in [0.3, 0.4) is 0 Å². The Morgan fingerprint density at radius 2 is 1.32 bits per heavy atom. The van der Waals surface area contributed by atoms with Crippen molar-refractivity contribution in [2.75, 3.05) is 6.61 Å². The molecule has 4 atom stereocenters. The lowest BCUT2D eigenvalue weighted by molar-refractivity contribution is -0.118. The van der Waals surface area contributed by atoms with Crippen molar-refractivity contribution in [1.29, 1.82) is 0 Å². The minimum absolute atomic E-state index is 0.0805. The van der Waals surface area contributed by atoms with Gasteiger partial charge < -0.3 is 25.5 Å². The third-order valence-electron chi connectivity index (χ3n) is 4.90. The third-order valence-corrected chi connectivity index (χ3v) is 4.90. The molecule has 0 aliphatic carbocycles. The minimum Gasteiger partial charge on any atom is -0.394 e. The molecule has 0 bridgehead atoms. The molecule has 0 aliphatic heterocycles. The van der Waals surface area contributed by atoms with Crippen LogP contribution in [-0.2, 0) is 0 Å². The molecular formula is C21H21N5O5. The lowest BCUT2D eigenvalue weighted by Gasteiger charge is -2.24. The molecule has 0 amide bonds. The smallest absolute Gasteiger partial charge is 0.272 e. The van der Waals surface area contributed by atoms with E-state index < -0.39 is 31.0 Å². The van der Waals surface area contributed by atoms with Crippen molar-refractivity contribution >= 4 is 5.78 Å². The Labute approximate surface area is 176 Å². The molecule has 160 valence electrons. The highest BCUT2D eigenvalue weighted by molar-refractivity contribution is 5.78. The van der Waals surface area contributed by atoms with Crippen LogP contribution in [0.15, 0.2) is 60.7 Å². The molecule has 4 aromatic rings. The van der Waals surface area contributed by atoms with E-state index in [9.17, 15) is 20.4 Å². The van der Waals surface area contributed by atoms with Gasteiger partial charge in [0.15, 0.2) is 5.82 Å². The number of aromatic nitrogens is 5. The van der Waals surface area contributed by atoms with E-state index in [1.165, 1.54) is 4.52 Å². The third kappa shape index (κ3) is 4.02. The van der Waals surface area contributed by atoms with Gasteiger partial charge in [-0.25, -0.2) is 4.98 Å². The predicted molar refractivity (Wildman–Crippen MR) is 110 cm³/mol. The first kappa shape index (κ1) is 21.0. The second-order valence-corrected chi connectivity index (χ2v) is 6.99. The molecule has 0 unspecified atom stereocenters. The summed E-state index contributed by atoms with van der Waals surface area (Å²) in [6, 6.07) is 18.7. The van der Waals surface area contributed by atoms with Crippen molar-refractivity contribution in [1.82, 2.24) is 24.8 Å². The second kappa shape index (κ2) is 8.84. The number of rotatable bonds is 7. The van der Waals surface area contributed by atoms with Gasteiger partial charge >= 0.3 is 0 Å². The van der Waals surface area contributed by atoms with Crippen LogP contribution < -0.4 is 0 Å². The summed E-state index contributed by atoms with van der Waals surface area (Å²) in [5.41, 5.74) is 2.63. The topological polar surface area (TPSA) is 157 Å². The maximum absolute atomic E-state index is 10.5. The first-order valence-corrected chi connectivity index (χ1v) is 9.58. The molecule has 0 fully saturated rings. The normalized spacial score (nSPS) is 15.5. The van der Waals surface area contributed by atoms with Crippen molar-refractivity contribution in [3.05, 3.63) is 66.5 Å². The van der Waals surface area contributed by atoms with Gasteiger partial charge in [0.25, 0.3) is 5.78 Å². The van der Waals surface area contributed by atoms with Crippen LogP contribution in [0.5, 0.6) is 0 Å². The Kier molecular flexibility index (Phi) is 5.98. The molecule has 2 aromatic heterocycles. The molecule has 10 heteroatoms. The van der Waals surface area contributed by atoms with E-state index in [1.54, 1.807) is 0 Å². The standard InChI is InChI=1S/C21H21N5O5/c27-11-14(28)17(29)18(30)19(31)20-23-24-21-22-15(12-7-3-1-4-8-12)16(25-26(20)21)13-9-5-2-6-10-13/h1-10,14,17-19,27-31H,11H2/t14-,17-,18+,19-/m1/s1. The van der Waals surface area contributed by atoms with E-state index >= 15 is 0 Å². The Hall–Kier alpha value is -3.28. The minimum atomic E-state index is -1.84. The van der Waals surface area contributed by atoms with Crippen LogP contribution >= 0.6 is 0 Å². The molecule has 4 rings (SSSR count). The largest absolute Gasteiger partial charge is 0.394 e. The molecule has 10 nitrogen and oxygen atoms in total. The molecule has 0 saturated carbocycles. The molecule has 0 spiro atoms. The van der Waals surface area contributed by atoms with Crippen LogP contribution in [0.25, 0.3) is 28.3 Å². The zero-order valence-electron chi connectivity index (χ0n) is 16.3. The van der Waals surface area contributed by atoms with Crippen molar-refractivity contribution in [2.45, 2.75) is 24.4 Å². The fraction of sp³-hybridized carbons (Fsp3) is 0.238. The molecule has 5 N–H and O–H groups in total. The summed E-state index contributed by atoms with van der Waals surface area (Å²) in [5.74, 6) is -0.0898. The number of hydrogen-bond acceptors (Lipinski definition) is 9. The molecular weight excluding hydrogens is 402 g/mol. The molecule has 0 radical (unpaired) electrons. The zero-order chi connectivity index (χ0) is 22.0. The van der Waals surface area contributed by atoms with Crippen molar-refractivity contribution in [2.24, 2.45) is 0 Å². The SMILES string of the molecule is OC[C@@H](O)[C@@H](O)[C@H](O)[C@@H](O)c1nnc2nc(-c3ccccc3)c(-c3ccccc3)nn12. The summed E-state index contributed by atoms with van der Waals surface area (Å²) in [6.07, 6.45) is -7.03. The molecule has 2 heterocycles. The summed E-state index contributed by atoms with van der Waals surface area (Å²) >= 11 is 0. The first-order chi connectivity index (χ1) is 15.0. The Balaban J connectivity index is 1.84. The number of fused-ring (bicyclic) bond motifs is 1. The summed E-state index contributed by atoms with van der Waals surface area (Å²) in [7, 11) is 0. The number of aliphatic hydroxyl groups excluding tert-OH is 5. The Bertz CT molecular complexity index is 1160. The fourth-order valence-corrected chi connectivity index (χ4v) is 3.20. The van der Waals surface area contributed by atoms with Gasteiger partial charge in [-0.2, -0.15) is 9.61 Å². The van der Waals surface area contributed by atoms with Gasteiger partial charge in [0.2, 0.25) is 0 Å². The quantitative estimate of drug-likeness (QED) is 0.275. The highest BCUT2D eigenvalue weighted by atomic mass is 16.4. The summed E-state index contributed by atoms with van der Waals surface area (Å²) < 4.78 is 1.18. The highest BCUT2D eigenvalue weighted by Crippen LogP contribution is 2.29. The van der Waals surface area contributed by atoms with E-state index in [1.807, 2.05) is 60.7 Å². The van der Waals surface area contributed by atoms with E-state index in [2.05, 4.69) is 20.3 Å². The van der Waals surface area contributed by atoms with E-state index in [0.717, 1.165) is 11.1 Å². The molecule has 0 aliphatic rings. The van der Waals surface area contributed by atoms with Crippen LogP contribution in [0.4, 0.5) is 0 Å². The van der Waals surface area contributed by atoms with Gasteiger partial charge in [-0.1, -0.05) is 60.7 Å². The van der Waals surface area contributed by atoms with Crippen molar-refractivity contribution < 1.29 is 25.5 Å². The van der Waals surface area contributed by atoms with Gasteiger partial charge in [-0.05, 0) is 0 Å². The van der Waals surface area contributed by atoms with Crippen LogP contribution in [-0.4, -0.2) is 75.2 Å². The Morgan fingerprint density at radius 1 is 0.742 bits per heavy atom. The van der Waals surface area contributed by atoms with Crippen LogP contribution in [0, 0.1) is 0 Å². The van der Waals surface area contributed by atoms with E-state index in [-0.39, 0.29) is 11.6 Å². The van der Waals surface area contributed by atoms with E-state index in [4.69, 9.17) is 5.11 Å². The van der Waals surface area contributed by atoms with Gasteiger partial charge in [0.05, 0.1) is 6.61 Å². The summed E-state index contributed by atoms with van der Waals surface area (Å²) in [4.78, 5) is 4.56. The maximum atomic E-state index is 10.5. The van der Waals surface area contributed by atoms with Crippen LogP contribution in [0.2, 0.25) is 0 Å². The number of aliphatic hydroxyl groups is 5. The second-order valence-electron chi connectivity index (χ2n) is 6.99. The van der Waals surface area contributed by atoms with Crippen molar-refractivity contribution in [3.63, 3.8) is 0 Å². The van der Waals surface area contributed by atoms with Crippen molar-refractivity contribution in [3.8, 4) is 22.5 Å².